The van der Waals surface area contributed by atoms with Crippen LogP contribution in [-0.4, -0.2) is 43.2 Å². The van der Waals surface area contributed by atoms with E-state index in [1.54, 1.807) is 0 Å². The van der Waals surface area contributed by atoms with Gasteiger partial charge >= 0.3 is 0 Å². The van der Waals surface area contributed by atoms with Crippen molar-refractivity contribution in [3.63, 3.8) is 0 Å². The van der Waals surface area contributed by atoms with Crippen LogP contribution in [-0.2, 0) is 16.0 Å². The van der Waals surface area contributed by atoms with E-state index < -0.39 is 0 Å². The minimum absolute atomic E-state index is 0.0372. The Labute approximate surface area is 212 Å². The summed E-state index contributed by atoms with van der Waals surface area (Å²) in [6.07, 6.45) is 6.32. The van der Waals surface area contributed by atoms with Crippen LogP contribution in [0.5, 0.6) is 0 Å². The van der Waals surface area contributed by atoms with Crippen molar-refractivity contribution in [2.75, 3.05) is 31.6 Å². The predicted octanol–water partition coefficient (Wildman–Crippen LogP) is 2.83. The molecule has 36 heavy (non-hydrogen) atoms. The van der Waals surface area contributed by atoms with Crippen molar-refractivity contribution in [1.82, 2.24) is 26.8 Å². The number of rotatable bonds is 4. The number of piperidine rings is 1. The highest BCUT2D eigenvalue weighted by Gasteiger charge is 2.55. The molecule has 3 saturated heterocycles. The van der Waals surface area contributed by atoms with Gasteiger partial charge in [-0.05, 0) is 66.5 Å². The number of amides is 1. The molecule has 1 spiro atoms. The van der Waals surface area contributed by atoms with Crippen molar-refractivity contribution in [2.24, 2.45) is 5.41 Å². The molecule has 8 nitrogen and oxygen atoms in total. The van der Waals surface area contributed by atoms with E-state index >= 15 is 0 Å². The van der Waals surface area contributed by atoms with Crippen LogP contribution in [0, 0.1) is 5.41 Å². The van der Waals surface area contributed by atoms with Crippen molar-refractivity contribution >= 4 is 11.6 Å². The molecule has 2 aromatic carbocycles. The molecule has 8 heteroatoms. The summed E-state index contributed by atoms with van der Waals surface area (Å²) in [5.74, 6) is 1.35. The smallest absolute Gasteiger partial charge is 0.251 e. The molecular formula is C28H36N6O2. The monoisotopic (exact) mass is 488 g/mol. The zero-order valence-electron chi connectivity index (χ0n) is 20.7. The summed E-state index contributed by atoms with van der Waals surface area (Å²) in [4.78, 5) is 14.8. The molecule has 4 heterocycles. The van der Waals surface area contributed by atoms with Gasteiger partial charge in [0.05, 0.1) is 0 Å². The first-order valence-corrected chi connectivity index (χ1v) is 13.6. The normalized spacial score (nSPS) is 29.2. The number of carbonyl (C=O) groups is 1. The average molecular weight is 489 g/mol. The number of nitrogens with zero attached hydrogens (tertiary/aromatic N) is 1. The van der Waals surface area contributed by atoms with Crippen LogP contribution in [0.4, 0.5) is 5.69 Å². The number of hydrogen-bond donors (Lipinski definition) is 5. The molecule has 4 fully saturated rings. The number of benzene rings is 2. The van der Waals surface area contributed by atoms with Gasteiger partial charge in [0.1, 0.15) is 12.3 Å². The van der Waals surface area contributed by atoms with E-state index in [2.05, 4.69) is 74.6 Å². The highest BCUT2D eigenvalue weighted by Crippen LogP contribution is 2.65. The molecule has 1 saturated carbocycles. The molecule has 5 aliphatic rings. The third-order valence-electron chi connectivity index (χ3n) is 9.26. The molecule has 4 aliphatic heterocycles. The largest absolute Gasteiger partial charge is 0.384 e. The second-order valence-electron chi connectivity index (χ2n) is 11.2. The molecule has 0 radical (unpaired) electrons. The Morgan fingerprint density at radius 1 is 1.00 bits per heavy atom. The molecule has 0 aromatic heterocycles. The van der Waals surface area contributed by atoms with Crippen LogP contribution < -0.4 is 27.2 Å². The lowest BCUT2D eigenvalue weighted by atomic mass is 9.85. The predicted molar refractivity (Wildman–Crippen MR) is 138 cm³/mol. The van der Waals surface area contributed by atoms with E-state index in [4.69, 9.17) is 4.74 Å². The van der Waals surface area contributed by atoms with E-state index in [1.165, 1.54) is 34.4 Å². The number of hydrogen-bond acceptors (Lipinski definition) is 7. The number of para-hydroxylation sites is 1. The summed E-state index contributed by atoms with van der Waals surface area (Å²) < 4.78 is 5.63. The van der Waals surface area contributed by atoms with E-state index in [0.717, 1.165) is 58.3 Å². The first-order valence-electron chi connectivity index (χ1n) is 13.6. The van der Waals surface area contributed by atoms with Gasteiger partial charge in [0, 0.05) is 43.4 Å². The second kappa shape index (κ2) is 9.11. The maximum Gasteiger partial charge on any atom is 0.251 e. The molecule has 3 atom stereocenters. The quantitative estimate of drug-likeness (QED) is 0.452. The van der Waals surface area contributed by atoms with Crippen LogP contribution in [0.15, 0.2) is 42.5 Å². The van der Waals surface area contributed by atoms with Crippen LogP contribution in [0.2, 0.25) is 0 Å². The second-order valence-corrected chi connectivity index (χ2v) is 11.2. The van der Waals surface area contributed by atoms with Crippen LogP contribution in [0.3, 0.4) is 0 Å². The molecule has 7 rings (SSSR count). The van der Waals surface area contributed by atoms with E-state index in [1.807, 2.05) is 0 Å². The highest BCUT2D eigenvalue weighted by atomic mass is 16.5. The number of likely N-dealkylation sites (tertiary alicyclic amines) is 1. The lowest BCUT2D eigenvalue weighted by molar-refractivity contribution is -0.142. The number of hydrazine groups is 3. The fraction of sp³-hybridized carbons (Fsp3) is 0.536. The SMILES string of the molecule is O=C([C@H]1CCCO1)N1CCC2(CC1)C[C@H]2c1ccc(C2CNc3c(cccc3C3NNNN3)C2)cc1. The molecule has 190 valence electrons. The fourth-order valence-corrected chi connectivity index (χ4v) is 6.97. The van der Waals surface area contributed by atoms with Gasteiger partial charge in [-0.25, -0.2) is 10.9 Å². The third-order valence-corrected chi connectivity index (χ3v) is 9.26. The number of nitrogens with one attached hydrogen (secondary N) is 5. The lowest BCUT2D eigenvalue weighted by Gasteiger charge is -2.34. The van der Waals surface area contributed by atoms with E-state index in [-0.39, 0.29) is 18.2 Å². The lowest BCUT2D eigenvalue weighted by Crippen LogP contribution is -2.44. The number of fused-ring (bicyclic) bond motifs is 1. The van der Waals surface area contributed by atoms with Crippen LogP contribution in [0.25, 0.3) is 0 Å². The maximum atomic E-state index is 12.7. The summed E-state index contributed by atoms with van der Waals surface area (Å²) in [5.41, 5.74) is 19.3. The molecule has 0 bridgehead atoms. The Morgan fingerprint density at radius 2 is 1.78 bits per heavy atom. The van der Waals surface area contributed by atoms with Gasteiger partial charge in [0.2, 0.25) is 0 Å². The summed E-state index contributed by atoms with van der Waals surface area (Å²) >= 11 is 0. The topological polar surface area (TPSA) is 89.7 Å². The Kier molecular flexibility index (Phi) is 5.74. The van der Waals surface area contributed by atoms with Gasteiger partial charge in [0.15, 0.2) is 0 Å². The zero-order chi connectivity index (χ0) is 24.1. The van der Waals surface area contributed by atoms with Gasteiger partial charge in [-0.3, -0.25) is 4.79 Å². The summed E-state index contributed by atoms with van der Waals surface area (Å²) in [6, 6.07) is 16.0. The fourth-order valence-electron chi connectivity index (χ4n) is 6.97. The van der Waals surface area contributed by atoms with E-state index in [0.29, 0.717) is 17.3 Å². The first kappa shape index (κ1) is 22.7. The zero-order valence-corrected chi connectivity index (χ0v) is 20.7. The van der Waals surface area contributed by atoms with Gasteiger partial charge in [-0.15, -0.1) is 0 Å². The minimum Gasteiger partial charge on any atom is -0.384 e. The molecular weight excluding hydrogens is 452 g/mol. The minimum atomic E-state index is -0.181. The summed E-state index contributed by atoms with van der Waals surface area (Å²) in [7, 11) is 0. The highest BCUT2D eigenvalue weighted by molar-refractivity contribution is 5.81. The number of anilines is 1. The van der Waals surface area contributed by atoms with Crippen molar-refractivity contribution in [3.8, 4) is 0 Å². The Bertz CT molecular complexity index is 1120. The Balaban J connectivity index is 0.981. The summed E-state index contributed by atoms with van der Waals surface area (Å²) in [6.45, 7) is 3.46. The number of carbonyl (C=O) groups excluding carboxylic acids is 1. The Morgan fingerprint density at radius 3 is 2.53 bits per heavy atom. The van der Waals surface area contributed by atoms with Crippen LogP contribution >= 0.6 is 0 Å². The van der Waals surface area contributed by atoms with E-state index in [9.17, 15) is 4.79 Å². The standard InChI is InChI=1S/C28H36N6O2/c35-27(24-5-2-14-36-24)34-12-10-28(11-13-34)16-23(28)19-8-6-18(7-9-19)21-15-20-3-1-4-22(25(20)29-17-21)26-30-32-33-31-26/h1,3-4,6-9,21,23-24,26,29-33H,2,5,10-17H2/t21?,23-,24+/m0/s1. The van der Waals surface area contributed by atoms with Crippen LogP contribution in [0.1, 0.15) is 72.4 Å². The Hall–Kier alpha value is -2.49. The average Bonchev–Trinajstić information content (AvgIpc) is 3.35. The summed E-state index contributed by atoms with van der Waals surface area (Å²) in [5, 5.41) is 3.71. The molecule has 2 aromatic rings. The van der Waals surface area contributed by atoms with Gasteiger partial charge in [0.25, 0.3) is 5.91 Å². The molecule has 1 aliphatic carbocycles. The molecule has 1 amide bonds. The maximum absolute atomic E-state index is 12.7. The van der Waals surface area contributed by atoms with Gasteiger partial charge < -0.3 is 15.0 Å². The van der Waals surface area contributed by atoms with Crippen molar-refractivity contribution < 1.29 is 9.53 Å². The van der Waals surface area contributed by atoms with Gasteiger partial charge in [-0.2, -0.15) is 11.1 Å². The first-order chi connectivity index (χ1) is 17.7. The van der Waals surface area contributed by atoms with Gasteiger partial charge in [-0.1, -0.05) is 42.5 Å². The third kappa shape index (κ3) is 4.01. The van der Waals surface area contributed by atoms with Crippen molar-refractivity contribution in [3.05, 3.63) is 64.7 Å². The molecule has 1 unspecified atom stereocenters. The molecule has 5 N–H and O–H groups in total. The number of ether oxygens (including phenoxy) is 1. The van der Waals surface area contributed by atoms with Crippen molar-refractivity contribution in [2.45, 2.75) is 62.6 Å². The van der Waals surface area contributed by atoms with Crippen molar-refractivity contribution in [1.29, 1.82) is 0 Å².